The number of carboxylic acid groups (broad SMARTS) is 2. The van der Waals surface area contributed by atoms with Gasteiger partial charge in [0, 0.05) is 36.9 Å². The zero-order chi connectivity index (χ0) is 32.8. The molecule has 0 spiro atoms. The largest absolute Gasteiger partial charge is 0.476 e. The zero-order valence-electron chi connectivity index (χ0n) is 24.4. The van der Waals surface area contributed by atoms with Gasteiger partial charge in [0.05, 0.1) is 22.1 Å². The van der Waals surface area contributed by atoms with Crippen LogP contribution in [0.25, 0.3) is 33.4 Å². The highest BCUT2D eigenvalue weighted by Gasteiger charge is 2.12. The second kappa shape index (κ2) is 13.3. The Morgan fingerprint density at radius 2 is 1.11 bits per heavy atom. The number of H-pyrrole nitrogens is 2. The molecule has 0 aliphatic carbocycles. The highest BCUT2D eigenvalue weighted by atomic mass is 16.4. The summed E-state index contributed by atoms with van der Waals surface area (Å²) in [6.07, 6.45) is 5.70. The summed E-state index contributed by atoms with van der Waals surface area (Å²) >= 11 is 0. The number of fused-ring (bicyclic) bond motifs is 2. The summed E-state index contributed by atoms with van der Waals surface area (Å²) in [5.41, 5.74) is 4.16. The summed E-state index contributed by atoms with van der Waals surface area (Å²) in [5.74, 6) is -1.50. The van der Waals surface area contributed by atoms with Gasteiger partial charge in [0.1, 0.15) is 12.7 Å². The SMILES string of the molecule is CCNC(=O)Nc1nc2ccc(-n3cnc(C(=O)O)c3)cc2[nH]1.CCNC(=O)Nc1nc2ccc(-n3cnc(C(=O)O)c3)cc2[nH]1. The number of hydrogen-bond donors (Lipinski definition) is 8. The predicted octanol–water partition coefficient (Wildman–Crippen LogP) is 3.18. The molecule has 0 aliphatic heterocycles. The van der Waals surface area contributed by atoms with Crippen LogP contribution in [0.4, 0.5) is 21.5 Å². The second-order valence-electron chi connectivity index (χ2n) is 9.49. The van der Waals surface area contributed by atoms with E-state index in [-0.39, 0.29) is 23.5 Å². The second-order valence-corrected chi connectivity index (χ2v) is 9.49. The van der Waals surface area contributed by atoms with Crippen molar-refractivity contribution < 1.29 is 29.4 Å². The third-order valence-corrected chi connectivity index (χ3v) is 6.27. The molecule has 4 amide bonds. The molecule has 6 aromatic rings. The van der Waals surface area contributed by atoms with E-state index in [1.165, 1.54) is 25.0 Å². The van der Waals surface area contributed by atoms with Crippen molar-refractivity contribution in [2.24, 2.45) is 0 Å². The van der Waals surface area contributed by atoms with Crippen molar-refractivity contribution in [2.45, 2.75) is 13.8 Å². The van der Waals surface area contributed by atoms with E-state index in [4.69, 9.17) is 10.2 Å². The molecule has 18 heteroatoms. The molecule has 4 aromatic heterocycles. The Bertz CT molecular complexity index is 1910. The molecule has 0 bridgehead atoms. The molecule has 4 heterocycles. The highest BCUT2D eigenvalue weighted by molar-refractivity contribution is 5.91. The Kier molecular flexibility index (Phi) is 8.88. The van der Waals surface area contributed by atoms with Crippen LogP contribution < -0.4 is 21.3 Å². The lowest BCUT2D eigenvalue weighted by Gasteiger charge is -2.01. The normalized spacial score (nSPS) is 10.7. The van der Waals surface area contributed by atoms with Gasteiger partial charge in [-0.15, -0.1) is 0 Å². The first-order chi connectivity index (χ1) is 22.1. The van der Waals surface area contributed by atoms with Crippen molar-refractivity contribution in [3.8, 4) is 11.4 Å². The number of nitrogens with one attached hydrogen (secondary N) is 6. The van der Waals surface area contributed by atoms with Crippen molar-refractivity contribution in [3.05, 3.63) is 72.8 Å². The fraction of sp³-hybridized carbons (Fsp3) is 0.143. The third kappa shape index (κ3) is 7.08. The molecular weight excluding hydrogens is 600 g/mol. The molecule has 0 radical (unpaired) electrons. The average molecular weight is 629 g/mol. The van der Waals surface area contributed by atoms with Crippen LogP contribution in [0.2, 0.25) is 0 Å². The summed E-state index contributed by atoms with van der Waals surface area (Å²) in [5, 5.41) is 28.2. The first kappa shape index (κ1) is 30.7. The summed E-state index contributed by atoms with van der Waals surface area (Å²) in [6.45, 7) is 4.67. The quantitative estimate of drug-likeness (QED) is 0.122. The Morgan fingerprint density at radius 1 is 0.696 bits per heavy atom. The van der Waals surface area contributed by atoms with Crippen LogP contribution in [0.3, 0.4) is 0 Å². The van der Waals surface area contributed by atoms with E-state index in [0.29, 0.717) is 47.1 Å². The van der Waals surface area contributed by atoms with Gasteiger partial charge in [-0.3, -0.25) is 10.6 Å². The van der Waals surface area contributed by atoms with Crippen LogP contribution in [-0.2, 0) is 0 Å². The molecule has 2 aromatic carbocycles. The Labute approximate surface area is 258 Å². The van der Waals surface area contributed by atoms with Crippen molar-refractivity contribution in [2.75, 3.05) is 23.7 Å². The number of anilines is 2. The van der Waals surface area contributed by atoms with E-state index in [1.54, 1.807) is 45.5 Å². The van der Waals surface area contributed by atoms with Crippen LogP contribution in [0.1, 0.15) is 34.8 Å². The van der Waals surface area contributed by atoms with Crippen LogP contribution in [-0.4, -0.2) is 86.3 Å². The van der Waals surface area contributed by atoms with E-state index in [1.807, 2.05) is 13.8 Å². The first-order valence-electron chi connectivity index (χ1n) is 13.8. The van der Waals surface area contributed by atoms with Crippen LogP contribution >= 0.6 is 0 Å². The Balaban J connectivity index is 0.000000181. The van der Waals surface area contributed by atoms with E-state index in [2.05, 4.69) is 51.2 Å². The van der Waals surface area contributed by atoms with Gasteiger partial charge in [-0.25, -0.2) is 39.1 Å². The lowest BCUT2D eigenvalue weighted by Crippen LogP contribution is -2.28. The number of imidazole rings is 4. The van der Waals surface area contributed by atoms with Gasteiger partial charge in [0.15, 0.2) is 11.4 Å². The van der Waals surface area contributed by atoms with E-state index in [0.717, 1.165) is 11.4 Å². The predicted molar refractivity (Wildman–Crippen MR) is 166 cm³/mol. The summed E-state index contributed by atoms with van der Waals surface area (Å²) < 4.78 is 3.20. The average Bonchev–Trinajstić information content (AvgIpc) is 3.82. The van der Waals surface area contributed by atoms with Crippen molar-refractivity contribution in [1.82, 2.24) is 49.7 Å². The van der Waals surface area contributed by atoms with Gasteiger partial charge in [0.25, 0.3) is 0 Å². The smallest absolute Gasteiger partial charge is 0.356 e. The number of carbonyl (C=O) groups is 4. The number of urea groups is 2. The monoisotopic (exact) mass is 628 g/mol. The zero-order valence-corrected chi connectivity index (χ0v) is 24.4. The number of benzene rings is 2. The topological polar surface area (TPSA) is 250 Å². The van der Waals surface area contributed by atoms with Crippen molar-refractivity contribution in [1.29, 1.82) is 0 Å². The third-order valence-electron chi connectivity index (χ3n) is 6.27. The number of hydrogen-bond acceptors (Lipinski definition) is 8. The highest BCUT2D eigenvalue weighted by Crippen LogP contribution is 2.20. The number of nitrogens with zero attached hydrogens (tertiary/aromatic N) is 6. The molecule has 18 nitrogen and oxygen atoms in total. The molecule has 236 valence electrons. The summed E-state index contributed by atoms with van der Waals surface area (Å²) in [7, 11) is 0. The van der Waals surface area contributed by atoms with Gasteiger partial charge < -0.3 is 39.9 Å². The van der Waals surface area contributed by atoms with Crippen molar-refractivity contribution >= 4 is 58.0 Å². The maximum atomic E-state index is 11.5. The fourth-order valence-electron chi connectivity index (χ4n) is 4.21. The van der Waals surface area contributed by atoms with Crippen LogP contribution in [0.5, 0.6) is 0 Å². The van der Waals surface area contributed by atoms with Gasteiger partial charge in [-0.2, -0.15) is 0 Å². The number of amides is 4. The van der Waals surface area contributed by atoms with E-state index >= 15 is 0 Å². The molecule has 6 rings (SSSR count). The molecular formula is C28H28N12O6. The standard InChI is InChI=1S/2C14H14N6O3/c2*1-2-15-14(23)19-13-17-9-4-3-8(5-10(9)18-13)20-6-11(12(21)22)16-7-20/h2*3-7H,2H2,1H3,(H,21,22)(H3,15,17,18,19,23). The molecule has 0 saturated heterocycles. The number of carbonyl (C=O) groups excluding carboxylic acids is 2. The minimum absolute atomic E-state index is 0.0340. The van der Waals surface area contributed by atoms with E-state index in [9.17, 15) is 19.2 Å². The summed E-state index contributed by atoms with van der Waals surface area (Å²) in [6, 6.07) is 10.0. The molecule has 0 saturated carbocycles. The van der Waals surface area contributed by atoms with Crippen LogP contribution in [0, 0.1) is 0 Å². The van der Waals surface area contributed by atoms with Crippen LogP contribution in [0.15, 0.2) is 61.4 Å². The Morgan fingerprint density at radius 3 is 1.46 bits per heavy atom. The first-order valence-corrected chi connectivity index (χ1v) is 13.8. The molecule has 46 heavy (non-hydrogen) atoms. The number of carboxylic acids is 2. The van der Waals surface area contributed by atoms with Gasteiger partial charge in [-0.05, 0) is 50.2 Å². The molecule has 0 aliphatic rings. The van der Waals surface area contributed by atoms with E-state index < -0.39 is 11.9 Å². The lowest BCUT2D eigenvalue weighted by atomic mass is 10.3. The van der Waals surface area contributed by atoms with Crippen molar-refractivity contribution in [3.63, 3.8) is 0 Å². The maximum Gasteiger partial charge on any atom is 0.356 e. The molecule has 8 N–H and O–H groups in total. The Hall–Kier alpha value is -6.72. The number of rotatable bonds is 8. The fourth-order valence-corrected chi connectivity index (χ4v) is 4.21. The van der Waals surface area contributed by atoms with Gasteiger partial charge >= 0.3 is 24.0 Å². The maximum absolute atomic E-state index is 11.5. The van der Waals surface area contributed by atoms with Gasteiger partial charge in [-0.1, -0.05) is 0 Å². The number of aromatic amines is 2. The molecule has 0 atom stereocenters. The lowest BCUT2D eigenvalue weighted by molar-refractivity contribution is 0.0680. The molecule has 0 fully saturated rings. The minimum atomic E-state index is -1.08. The molecule has 0 unspecified atom stereocenters. The van der Waals surface area contributed by atoms with Gasteiger partial charge in [0.2, 0.25) is 11.9 Å². The number of aromatic carboxylic acids is 2. The number of aromatic nitrogens is 8. The minimum Gasteiger partial charge on any atom is -0.476 e. The summed E-state index contributed by atoms with van der Waals surface area (Å²) in [4.78, 5) is 66.9.